The van der Waals surface area contributed by atoms with Crippen molar-refractivity contribution in [3.8, 4) is 11.4 Å². The number of aromatic nitrogens is 5. The number of hydrazone groups is 1. The van der Waals surface area contributed by atoms with Crippen LogP contribution in [0.2, 0.25) is 0 Å². The number of hydrogen-bond donors (Lipinski definition) is 2. The minimum Gasteiger partial charge on any atom is -0.358 e. The Balaban J connectivity index is 1.79. The topological polar surface area (TPSA) is 112 Å². The molecule has 0 spiro atoms. The number of H-pyrrole nitrogens is 1. The molecule has 2 N–H and O–H groups in total. The number of nitrogens with one attached hydrogen (secondary N) is 2. The van der Waals surface area contributed by atoms with Gasteiger partial charge in [0.15, 0.2) is 5.82 Å². The summed E-state index contributed by atoms with van der Waals surface area (Å²) in [6.07, 6.45) is 10.8. The van der Waals surface area contributed by atoms with Crippen LogP contribution in [0.1, 0.15) is 36.5 Å². The summed E-state index contributed by atoms with van der Waals surface area (Å²) in [5, 5.41) is 4.17. The van der Waals surface area contributed by atoms with Crippen molar-refractivity contribution < 1.29 is 4.79 Å². The molecule has 3 aromatic rings. The molecule has 9 nitrogen and oxygen atoms in total. The summed E-state index contributed by atoms with van der Waals surface area (Å²) in [4.78, 5) is 35.8. The van der Waals surface area contributed by atoms with Crippen LogP contribution < -0.4 is 5.43 Å². The van der Waals surface area contributed by atoms with Gasteiger partial charge < -0.3 is 9.88 Å². The number of likely N-dealkylation sites (N-methyl/N-ethyl adjacent to an activating group) is 1. The van der Waals surface area contributed by atoms with E-state index in [1.54, 1.807) is 43.1 Å². The Morgan fingerprint density at radius 3 is 2.53 bits per heavy atom. The van der Waals surface area contributed by atoms with E-state index < -0.39 is 0 Å². The monoisotopic (exact) mass is 430 g/mol. The molecule has 0 atom stereocenters. The normalized spacial score (nSPS) is 14.8. The van der Waals surface area contributed by atoms with Crippen LogP contribution in [-0.2, 0) is 11.2 Å². The van der Waals surface area contributed by atoms with Crippen LogP contribution >= 0.6 is 0 Å². The number of aryl methyl sites for hydroxylation is 1. The zero-order valence-electron chi connectivity index (χ0n) is 18.5. The summed E-state index contributed by atoms with van der Waals surface area (Å²) < 4.78 is 0. The van der Waals surface area contributed by atoms with Gasteiger partial charge in [0.2, 0.25) is 0 Å². The van der Waals surface area contributed by atoms with Crippen LogP contribution in [-0.4, -0.2) is 61.1 Å². The lowest BCUT2D eigenvalue weighted by atomic mass is 10.0. The third kappa shape index (κ3) is 4.33. The Morgan fingerprint density at radius 1 is 1.06 bits per heavy atom. The van der Waals surface area contributed by atoms with Crippen molar-refractivity contribution in [2.75, 3.05) is 19.6 Å². The zero-order valence-corrected chi connectivity index (χ0v) is 18.5. The van der Waals surface area contributed by atoms with Crippen molar-refractivity contribution in [3.05, 3.63) is 65.3 Å². The van der Waals surface area contributed by atoms with Gasteiger partial charge in [0.25, 0.3) is 5.91 Å². The van der Waals surface area contributed by atoms with E-state index in [2.05, 4.69) is 54.2 Å². The van der Waals surface area contributed by atoms with E-state index in [-0.39, 0.29) is 5.91 Å². The molecule has 0 aliphatic carbocycles. The predicted molar refractivity (Wildman–Crippen MR) is 123 cm³/mol. The summed E-state index contributed by atoms with van der Waals surface area (Å²) in [5.41, 5.74) is 7.79. The lowest BCUT2D eigenvalue weighted by Gasteiger charge is -2.18. The van der Waals surface area contributed by atoms with Crippen molar-refractivity contribution in [1.29, 1.82) is 0 Å². The molecule has 0 saturated carbocycles. The van der Waals surface area contributed by atoms with Gasteiger partial charge in [-0.3, -0.25) is 14.8 Å². The maximum absolute atomic E-state index is 12.6. The van der Waals surface area contributed by atoms with E-state index >= 15 is 0 Å². The molecule has 1 aliphatic rings. The fourth-order valence-electron chi connectivity index (χ4n) is 3.83. The molecule has 0 fully saturated rings. The van der Waals surface area contributed by atoms with Crippen molar-refractivity contribution in [3.63, 3.8) is 0 Å². The number of hydrogen-bond acceptors (Lipinski definition) is 7. The molecule has 4 rings (SSSR count). The summed E-state index contributed by atoms with van der Waals surface area (Å²) in [6.45, 7) is 9.28. The van der Waals surface area contributed by atoms with E-state index in [1.807, 2.05) is 6.92 Å². The number of carbonyl (C=O) groups excluding carboxylic acids is 1. The molecule has 0 saturated heterocycles. The highest BCUT2D eigenvalue weighted by Gasteiger charge is 2.27. The Labute approximate surface area is 186 Å². The van der Waals surface area contributed by atoms with Crippen LogP contribution in [0.4, 0.5) is 0 Å². The van der Waals surface area contributed by atoms with Crippen molar-refractivity contribution in [2.45, 2.75) is 27.2 Å². The van der Waals surface area contributed by atoms with Crippen LogP contribution in [0, 0.1) is 6.92 Å². The van der Waals surface area contributed by atoms with E-state index in [1.165, 1.54) is 0 Å². The van der Waals surface area contributed by atoms with Crippen molar-refractivity contribution >= 4 is 17.7 Å². The Hall–Kier alpha value is -3.72. The molecule has 1 amide bonds. The standard InChI is InChI=1S/C23H26N8O/c1-4-31(5-2)12-7-16-15(3)28-18(20(16)22-26-8-6-9-27-22)13-17-21(29-30-23(17)32)19-14-24-10-11-25-19/h6,8-11,13-14,28H,4-5,7,12H2,1-3H3,(H,30,32)/b17-13+. The van der Waals surface area contributed by atoms with Crippen LogP contribution in [0.25, 0.3) is 17.5 Å². The van der Waals surface area contributed by atoms with E-state index in [0.717, 1.165) is 48.6 Å². The summed E-state index contributed by atoms with van der Waals surface area (Å²) >= 11 is 0. The van der Waals surface area contributed by atoms with Gasteiger partial charge in [0, 0.05) is 42.6 Å². The predicted octanol–water partition coefficient (Wildman–Crippen LogP) is 2.37. The van der Waals surface area contributed by atoms with Gasteiger partial charge in [0.05, 0.1) is 17.5 Å². The minimum atomic E-state index is -0.289. The van der Waals surface area contributed by atoms with Gasteiger partial charge in [-0.1, -0.05) is 13.8 Å². The van der Waals surface area contributed by atoms with Gasteiger partial charge >= 0.3 is 0 Å². The smallest absolute Gasteiger partial charge is 0.273 e. The second kappa shape index (κ2) is 9.61. The Bertz CT molecular complexity index is 1150. The number of carbonyl (C=O) groups is 1. The molecule has 0 radical (unpaired) electrons. The molecule has 3 aromatic heterocycles. The maximum Gasteiger partial charge on any atom is 0.273 e. The molecule has 164 valence electrons. The summed E-state index contributed by atoms with van der Waals surface area (Å²) in [5.74, 6) is 0.331. The third-order valence-corrected chi connectivity index (χ3v) is 5.57. The first-order valence-corrected chi connectivity index (χ1v) is 10.7. The first-order valence-electron chi connectivity index (χ1n) is 10.7. The second-order valence-corrected chi connectivity index (χ2v) is 7.42. The second-order valence-electron chi connectivity index (χ2n) is 7.42. The summed E-state index contributed by atoms with van der Waals surface area (Å²) in [7, 11) is 0. The van der Waals surface area contributed by atoms with E-state index in [4.69, 9.17) is 0 Å². The summed E-state index contributed by atoms with van der Waals surface area (Å²) in [6, 6.07) is 1.79. The third-order valence-electron chi connectivity index (χ3n) is 5.57. The first kappa shape index (κ1) is 21.5. The van der Waals surface area contributed by atoms with Gasteiger partial charge in [-0.25, -0.2) is 15.4 Å². The molecule has 0 bridgehead atoms. The lowest BCUT2D eigenvalue weighted by molar-refractivity contribution is -0.116. The SMILES string of the molecule is CCN(CC)CCc1c(C)[nH]c(/C=C2/C(=O)NN=C2c2cnccn2)c1-c1ncccn1. The highest BCUT2D eigenvalue weighted by molar-refractivity contribution is 6.32. The van der Waals surface area contributed by atoms with Gasteiger partial charge in [-0.15, -0.1) is 0 Å². The number of rotatable bonds is 8. The van der Waals surface area contributed by atoms with Gasteiger partial charge in [0.1, 0.15) is 11.4 Å². The van der Waals surface area contributed by atoms with Crippen LogP contribution in [0.5, 0.6) is 0 Å². The highest BCUT2D eigenvalue weighted by Crippen LogP contribution is 2.31. The van der Waals surface area contributed by atoms with Crippen LogP contribution in [0.15, 0.2) is 47.7 Å². The zero-order chi connectivity index (χ0) is 22.5. The number of amides is 1. The molecule has 0 aromatic carbocycles. The molecule has 9 heteroatoms. The maximum atomic E-state index is 12.6. The average Bonchev–Trinajstić information content (AvgIpc) is 3.35. The molecule has 4 heterocycles. The van der Waals surface area contributed by atoms with E-state index in [9.17, 15) is 4.79 Å². The Kier molecular flexibility index (Phi) is 6.46. The first-order chi connectivity index (χ1) is 15.6. The molecular weight excluding hydrogens is 404 g/mol. The van der Waals surface area contributed by atoms with Crippen LogP contribution in [0.3, 0.4) is 0 Å². The molecular formula is C23H26N8O. The van der Waals surface area contributed by atoms with Crippen molar-refractivity contribution in [1.82, 2.24) is 35.2 Å². The quantitative estimate of drug-likeness (QED) is 0.531. The average molecular weight is 431 g/mol. The molecule has 1 aliphatic heterocycles. The largest absolute Gasteiger partial charge is 0.358 e. The van der Waals surface area contributed by atoms with Gasteiger partial charge in [-0.05, 0) is 44.1 Å². The van der Waals surface area contributed by atoms with E-state index in [0.29, 0.717) is 22.8 Å². The van der Waals surface area contributed by atoms with Crippen molar-refractivity contribution in [2.24, 2.45) is 5.10 Å². The molecule has 0 unspecified atom stereocenters. The molecule has 32 heavy (non-hydrogen) atoms. The minimum absolute atomic E-state index is 0.289. The fraction of sp³-hybridized carbons (Fsp3) is 0.304. The Morgan fingerprint density at radius 2 is 1.84 bits per heavy atom. The van der Waals surface area contributed by atoms with Gasteiger partial charge in [-0.2, -0.15) is 5.10 Å². The lowest BCUT2D eigenvalue weighted by Crippen LogP contribution is -2.25. The highest BCUT2D eigenvalue weighted by atomic mass is 16.2. The fourth-order valence-corrected chi connectivity index (χ4v) is 3.83. The number of aromatic amines is 1. The number of nitrogens with zero attached hydrogens (tertiary/aromatic N) is 6.